The van der Waals surface area contributed by atoms with Gasteiger partial charge in [0.15, 0.2) is 17.3 Å². The molecule has 3 aromatic rings. The zero-order valence-electron chi connectivity index (χ0n) is 17.9. The summed E-state index contributed by atoms with van der Waals surface area (Å²) >= 11 is 0. The lowest BCUT2D eigenvalue weighted by atomic mass is 10.1. The predicted molar refractivity (Wildman–Crippen MR) is 115 cm³/mol. The molecule has 1 aromatic heterocycles. The maximum Gasteiger partial charge on any atom is 0.415 e. The van der Waals surface area contributed by atoms with Gasteiger partial charge >= 0.3 is 10.9 Å². The highest BCUT2D eigenvalue weighted by atomic mass is 32.2. The van der Waals surface area contributed by atoms with Crippen molar-refractivity contribution in [1.82, 2.24) is 5.16 Å². The van der Waals surface area contributed by atoms with Gasteiger partial charge in [-0.1, -0.05) is 30.3 Å². The van der Waals surface area contributed by atoms with Crippen LogP contribution >= 0.6 is 0 Å². The maximum absolute atomic E-state index is 12.8. The van der Waals surface area contributed by atoms with Gasteiger partial charge in [-0.2, -0.15) is 0 Å². The van der Waals surface area contributed by atoms with Crippen LogP contribution in [0.5, 0.6) is 17.4 Å². The van der Waals surface area contributed by atoms with Crippen LogP contribution in [0, 0.1) is 5.21 Å². The summed E-state index contributed by atoms with van der Waals surface area (Å²) < 4.78 is 40.5. The third kappa shape index (κ3) is 5.69. The van der Waals surface area contributed by atoms with E-state index >= 15 is 0 Å². The molecule has 3 rings (SSSR count). The predicted octanol–water partition coefficient (Wildman–Crippen LogP) is 2.69. The fourth-order valence-electron chi connectivity index (χ4n) is 2.89. The third-order valence-electron chi connectivity index (χ3n) is 4.63. The van der Waals surface area contributed by atoms with Crippen LogP contribution in [0.3, 0.4) is 0 Å². The number of methoxy groups -OCH3 is 1. The molecule has 33 heavy (non-hydrogen) atoms. The third-order valence-corrected chi connectivity index (χ3v) is 6.36. The zero-order valence-corrected chi connectivity index (χ0v) is 18.7. The molecule has 174 valence electrons. The van der Waals surface area contributed by atoms with Crippen molar-refractivity contribution < 1.29 is 37.3 Å². The normalized spacial score (nSPS) is 12.5. The fraction of sp³-hybridized carbons (Fsp3) is 0.227. The Bertz CT molecular complexity index is 1250. The number of rotatable bonds is 10. The number of nitrogens with zero attached hydrogens (tertiary/aromatic N) is 2. The molecule has 0 aliphatic carbocycles. The maximum atomic E-state index is 12.8. The van der Waals surface area contributed by atoms with Crippen LogP contribution in [0.1, 0.15) is 25.3 Å². The van der Waals surface area contributed by atoms with Gasteiger partial charge in [0.1, 0.15) is 6.10 Å². The molecule has 0 aliphatic rings. The van der Waals surface area contributed by atoms with Gasteiger partial charge < -0.3 is 19.8 Å². The monoisotopic (exact) mass is 474 g/mol. The number of hydrogen-bond donors (Lipinski definition) is 1. The van der Waals surface area contributed by atoms with Crippen molar-refractivity contribution >= 4 is 21.7 Å². The molecule has 0 radical (unpaired) electrons. The first-order valence-corrected chi connectivity index (χ1v) is 11.3. The van der Waals surface area contributed by atoms with E-state index in [9.17, 15) is 23.5 Å². The van der Waals surface area contributed by atoms with E-state index in [-0.39, 0.29) is 39.9 Å². The molecule has 1 unspecified atom stereocenters. The highest BCUT2D eigenvalue weighted by Gasteiger charge is 2.36. The van der Waals surface area contributed by atoms with Gasteiger partial charge in [0.25, 0.3) is 9.84 Å². The van der Waals surface area contributed by atoms with Gasteiger partial charge in [-0.15, -0.1) is 0 Å². The molecule has 0 bridgehead atoms. The van der Waals surface area contributed by atoms with Gasteiger partial charge in [0, 0.05) is 6.42 Å². The highest BCUT2D eigenvalue weighted by molar-refractivity contribution is 7.91. The number of sulfone groups is 1. The Kier molecular flexibility index (Phi) is 7.34. The molecular formula is C22H22N2O8S. The number of carbonyl (C=O) groups excluding carboxylic acids is 1. The van der Waals surface area contributed by atoms with Gasteiger partial charge in [0.05, 0.1) is 17.2 Å². The second kappa shape index (κ2) is 10.2. The van der Waals surface area contributed by atoms with E-state index in [1.165, 1.54) is 43.5 Å². The number of hydrogen-bond acceptors (Lipinski definition) is 9. The summed E-state index contributed by atoms with van der Waals surface area (Å²) in [5.41, 5.74) is 0.667. The van der Waals surface area contributed by atoms with Crippen molar-refractivity contribution in [3.05, 3.63) is 65.4 Å². The second-order valence-electron chi connectivity index (χ2n) is 7.05. The summed E-state index contributed by atoms with van der Waals surface area (Å²) in [7, 11) is -2.79. The quantitative estimate of drug-likeness (QED) is 0.346. The average molecular weight is 474 g/mol. The molecular weight excluding hydrogens is 452 g/mol. The van der Waals surface area contributed by atoms with Gasteiger partial charge in [-0.05, 0) is 54.2 Å². The molecule has 0 saturated carbocycles. The molecule has 1 heterocycles. The molecule has 0 aliphatic heterocycles. The van der Waals surface area contributed by atoms with Crippen LogP contribution in [-0.4, -0.2) is 37.7 Å². The van der Waals surface area contributed by atoms with E-state index < -0.39 is 26.8 Å². The summed E-state index contributed by atoms with van der Waals surface area (Å²) in [5.74, 6) is -0.391. The number of benzene rings is 2. The summed E-state index contributed by atoms with van der Waals surface area (Å²) in [6.07, 6.45) is 2.66. The van der Waals surface area contributed by atoms with E-state index in [0.717, 1.165) is 0 Å². The van der Waals surface area contributed by atoms with Crippen LogP contribution < -0.4 is 14.4 Å². The Morgan fingerprint density at radius 2 is 2.00 bits per heavy atom. The molecule has 1 N–H and O–H groups in total. The van der Waals surface area contributed by atoms with Crippen LogP contribution in [0.15, 0.2) is 69.2 Å². The van der Waals surface area contributed by atoms with E-state index in [0.29, 0.717) is 5.56 Å². The molecule has 1 atom stereocenters. The molecule has 0 amide bonds. The summed E-state index contributed by atoms with van der Waals surface area (Å²) in [6.45, 7) is 1.62. The van der Waals surface area contributed by atoms with Crippen molar-refractivity contribution in [2.45, 2.75) is 35.8 Å². The van der Waals surface area contributed by atoms with Crippen molar-refractivity contribution in [2.24, 2.45) is 0 Å². The number of allylic oxidation sites excluding steroid dienone is 1. The Morgan fingerprint density at radius 3 is 2.70 bits per heavy atom. The summed E-state index contributed by atoms with van der Waals surface area (Å²) in [6, 6.07) is 12.0. The number of ketones is 1. The first kappa shape index (κ1) is 23.8. The number of aromatic hydroxyl groups is 1. The highest BCUT2D eigenvalue weighted by Crippen LogP contribution is 2.27. The number of aromatic nitrogens is 2. The SMILES string of the molecule is COc1cc(/C=C/C(=O)CCC(C)Oc2no[n+]([O-])c2S(=O)(=O)c2ccccc2)ccc1O. The number of phenols is 1. The molecule has 11 heteroatoms. The van der Waals surface area contributed by atoms with E-state index in [4.69, 9.17) is 9.47 Å². The molecule has 0 fully saturated rings. The van der Waals surface area contributed by atoms with Crippen LogP contribution in [0.4, 0.5) is 0 Å². The van der Waals surface area contributed by atoms with Gasteiger partial charge in [-0.3, -0.25) is 9.42 Å². The smallest absolute Gasteiger partial charge is 0.415 e. The molecule has 0 spiro atoms. The van der Waals surface area contributed by atoms with E-state index in [1.54, 1.807) is 31.2 Å². The van der Waals surface area contributed by atoms with Gasteiger partial charge in [-0.25, -0.2) is 8.42 Å². The zero-order chi connectivity index (χ0) is 24.0. The van der Waals surface area contributed by atoms with Crippen molar-refractivity contribution in [2.75, 3.05) is 7.11 Å². The first-order chi connectivity index (χ1) is 15.7. The fourth-order valence-corrected chi connectivity index (χ4v) is 4.17. The second-order valence-corrected chi connectivity index (χ2v) is 8.92. The van der Waals surface area contributed by atoms with E-state index in [2.05, 4.69) is 9.79 Å². The minimum Gasteiger partial charge on any atom is -0.504 e. The Morgan fingerprint density at radius 1 is 1.27 bits per heavy atom. The Balaban J connectivity index is 1.63. The lowest BCUT2D eigenvalue weighted by Crippen LogP contribution is -2.31. The lowest BCUT2D eigenvalue weighted by molar-refractivity contribution is -0.832. The number of phenolic OH excluding ortho intramolecular Hbond substituents is 1. The lowest BCUT2D eigenvalue weighted by Gasteiger charge is -2.10. The molecule has 10 nitrogen and oxygen atoms in total. The van der Waals surface area contributed by atoms with Crippen molar-refractivity contribution in [1.29, 1.82) is 0 Å². The minimum absolute atomic E-state index is 0.00662. The number of ether oxygens (including phenoxy) is 2. The van der Waals surface area contributed by atoms with E-state index in [1.807, 2.05) is 0 Å². The minimum atomic E-state index is -4.22. The Labute approximate surface area is 190 Å². The largest absolute Gasteiger partial charge is 0.504 e. The molecule has 0 saturated heterocycles. The topological polar surface area (TPSA) is 143 Å². The Hall–Kier alpha value is -3.86. The van der Waals surface area contributed by atoms with Crippen molar-refractivity contribution in [3.8, 4) is 17.4 Å². The van der Waals surface area contributed by atoms with Crippen LogP contribution in [-0.2, 0) is 14.6 Å². The van der Waals surface area contributed by atoms with Crippen LogP contribution in [0.2, 0.25) is 0 Å². The van der Waals surface area contributed by atoms with Gasteiger partial charge in [0.2, 0.25) is 0 Å². The average Bonchev–Trinajstić information content (AvgIpc) is 3.18. The van der Waals surface area contributed by atoms with Crippen LogP contribution in [0.25, 0.3) is 6.08 Å². The summed E-state index contributed by atoms with van der Waals surface area (Å²) in [4.78, 5) is 11.9. The first-order valence-electron chi connectivity index (χ1n) is 9.87. The summed E-state index contributed by atoms with van der Waals surface area (Å²) in [5, 5.41) is 24.2. The number of carbonyl (C=O) groups is 1. The van der Waals surface area contributed by atoms with Crippen molar-refractivity contribution in [3.63, 3.8) is 0 Å². The molecule has 2 aromatic carbocycles. The standard InChI is InChI=1S/C22H22N2O8S/c1-15(8-11-17(25)12-9-16-10-13-19(26)20(14-16)30-2)31-21-22(24(27)32-23-21)33(28,29)18-6-4-3-5-7-18/h3-7,9-10,12-15,26H,8,11H2,1-2H3/b12-9+.